The smallest absolute Gasteiger partial charge is 0.302 e. The molecule has 1 aromatic carbocycles. The molecule has 0 bridgehead atoms. The van der Waals surface area contributed by atoms with Crippen LogP contribution in [-0.2, 0) is 13.6 Å². The highest BCUT2D eigenvalue weighted by atomic mass is 31.2. The van der Waals surface area contributed by atoms with E-state index in [-0.39, 0.29) is 5.78 Å². The third-order valence-corrected chi connectivity index (χ3v) is 2.60. The molecule has 0 saturated carbocycles. The van der Waals surface area contributed by atoms with Crippen LogP contribution in [0.1, 0.15) is 10.4 Å². The summed E-state index contributed by atoms with van der Waals surface area (Å²) in [6, 6.07) is 8.36. The molecule has 82 valence electrons. The molecule has 0 fully saturated rings. The van der Waals surface area contributed by atoms with Crippen LogP contribution in [0, 0.1) is 0 Å². The van der Waals surface area contributed by atoms with Gasteiger partial charge in [0, 0.05) is 12.7 Å². The molecule has 1 unspecified atom stereocenters. The number of phosphoric acid groups is 1. The van der Waals surface area contributed by atoms with Crippen molar-refractivity contribution in [2.75, 3.05) is 13.7 Å². The van der Waals surface area contributed by atoms with Gasteiger partial charge in [0.25, 0.3) is 0 Å². The van der Waals surface area contributed by atoms with E-state index in [2.05, 4.69) is 9.05 Å². The molecule has 15 heavy (non-hydrogen) atoms. The van der Waals surface area contributed by atoms with Gasteiger partial charge >= 0.3 is 7.82 Å². The zero-order valence-electron chi connectivity index (χ0n) is 8.12. The maximum Gasteiger partial charge on any atom is 0.472 e. The van der Waals surface area contributed by atoms with Crippen LogP contribution >= 0.6 is 7.82 Å². The minimum absolute atomic E-state index is 0.373. The van der Waals surface area contributed by atoms with Crippen LogP contribution in [0.3, 0.4) is 0 Å². The Bertz CT molecular complexity index is 375. The number of ketones is 1. The summed E-state index contributed by atoms with van der Waals surface area (Å²) >= 11 is 0. The highest BCUT2D eigenvalue weighted by Crippen LogP contribution is 2.41. The lowest BCUT2D eigenvalue weighted by Gasteiger charge is -2.07. The Morgan fingerprint density at radius 3 is 2.53 bits per heavy atom. The molecular weight excluding hydrogens is 219 g/mol. The maximum atomic E-state index is 11.4. The summed E-state index contributed by atoms with van der Waals surface area (Å²) in [7, 11) is -3.03. The highest BCUT2D eigenvalue weighted by molar-refractivity contribution is 7.47. The zero-order valence-corrected chi connectivity index (χ0v) is 9.02. The fourth-order valence-corrected chi connectivity index (χ4v) is 1.29. The number of carbonyl (C=O) groups is 1. The third kappa shape index (κ3) is 3.93. The highest BCUT2D eigenvalue weighted by Gasteiger charge is 2.20. The monoisotopic (exact) mass is 230 g/mol. The van der Waals surface area contributed by atoms with Gasteiger partial charge in [-0.1, -0.05) is 30.3 Å². The van der Waals surface area contributed by atoms with Crippen LogP contribution in [0.15, 0.2) is 30.3 Å². The molecule has 0 saturated heterocycles. The van der Waals surface area contributed by atoms with Gasteiger partial charge in [-0.15, -0.1) is 0 Å². The summed E-state index contributed by atoms with van der Waals surface area (Å²) in [6.07, 6.45) is 0. The van der Waals surface area contributed by atoms with E-state index in [1.807, 2.05) is 0 Å². The van der Waals surface area contributed by atoms with Crippen molar-refractivity contribution in [3.05, 3.63) is 35.9 Å². The van der Waals surface area contributed by atoms with Crippen molar-refractivity contribution in [1.82, 2.24) is 0 Å². The van der Waals surface area contributed by atoms with E-state index < -0.39 is 14.4 Å². The van der Waals surface area contributed by atoms with Crippen molar-refractivity contribution < 1.29 is 23.3 Å². The summed E-state index contributed by atoms with van der Waals surface area (Å²) < 4.78 is 19.5. The Morgan fingerprint density at radius 2 is 2.00 bits per heavy atom. The second kappa shape index (κ2) is 5.19. The first-order valence-electron chi connectivity index (χ1n) is 4.16. The van der Waals surface area contributed by atoms with Gasteiger partial charge in [0.15, 0.2) is 5.78 Å². The summed E-state index contributed by atoms with van der Waals surface area (Å²) in [4.78, 5) is 20.3. The van der Waals surface area contributed by atoms with Crippen molar-refractivity contribution >= 4 is 13.6 Å². The van der Waals surface area contributed by atoms with Crippen molar-refractivity contribution in [2.45, 2.75) is 0 Å². The molecule has 0 aliphatic heterocycles. The topological polar surface area (TPSA) is 72.8 Å². The lowest BCUT2D eigenvalue weighted by atomic mass is 10.1. The minimum atomic E-state index is -4.07. The first kappa shape index (κ1) is 12.1. The predicted octanol–water partition coefficient (Wildman–Crippen LogP) is 1.63. The van der Waals surface area contributed by atoms with E-state index in [1.165, 1.54) is 0 Å². The Balaban J connectivity index is 2.55. The molecule has 0 amide bonds. The third-order valence-electron chi connectivity index (χ3n) is 1.69. The Labute approximate surface area is 87.3 Å². The fraction of sp³-hybridized carbons (Fsp3) is 0.222. The van der Waals surface area contributed by atoms with Gasteiger partial charge in [0.1, 0.15) is 6.61 Å². The molecule has 6 heteroatoms. The maximum absolute atomic E-state index is 11.4. The van der Waals surface area contributed by atoms with Crippen molar-refractivity contribution in [2.24, 2.45) is 0 Å². The summed E-state index contributed by atoms with van der Waals surface area (Å²) in [6.45, 7) is -0.481. The average Bonchev–Trinajstić information content (AvgIpc) is 2.27. The summed E-state index contributed by atoms with van der Waals surface area (Å²) in [5, 5.41) is 0. The van der Waals surface area contributed by atoms with Crippen LogP contribution in [0.5, 0.6) is 0 Å². The van der Waals surface area contributed by atoms with Crippen LogP contribution in [-0.4, -0.2) is 24.4 Å². The lowest BCUT2D eigenvalue weighted by molar-refractivity contribution is 0.0872. The van der Waals surface area contributed by atoms with E-state index in [0.717, 1.165) is 7.11 Å². The van der Waals surface area contributed by atoms with Gasteiger partial charge in [-0.3, -0.25) is 13.8 Å². The zero-order chi connectivity index (χ0) is 11.3. The van der Waals surface area contributed by atoms with Gasteiger partial charge in [0.2, 0.25) is 0 Å². The number of Topliss-reactive ketones (excluding diaryl/α,β-unsaturated/α-hetero) is 1. The molecule has 1 aromatic rings. The fourth-order valence-electron chi connectivity index (χ4n) is 0.900. The molecule has 0 spiro atoms. The van der Waals surface area contributed by atoms with Crippen molar-refractivity contribution in [3.8, 4) is 0 Å². The largest absolute Gasteiger partial charge is 0.472 e. The lowest BCUT2D eigenvalue weighted by Crippen LogP contribution is -2.08. The molecular formula is C9H11O5P. The Hall–Kier alpha value is -1.00. The first-order chi connectivity index (χ1) is 7.05. The molecule has 1 atom stereocenters. The van der Waals surface area contributed by atoms with Crippen molar-refractivity contribution in [3.63, 3.8) is 0 Å². The molecule has 1 rings (SSSR count). The first-order valence-corrected chi connectivity index (χ1v) is 5.66. The van der Waals surface area contributed by atoms with Crippen molar-refractivity contribution in [1.29, 1.82) is 0 Å². The number of rotatable bonds is 5. The standard InChI is InChI=1S/C9H11O5P/c1-13-15(11,12)14-7-9(10)8-5-3-2-4-6-8/h2-6H,7H2,1H3,(H,11,12). The van der Waals surface area contributed by atoms with Gasteiger partial charge < -0.3 is 4.89 Å². The normalized spacial score (nSPS) is 14.5. The van der Waals surface area contributed by atoms with E-state index in [4.69, 9.17) is 4.89 Å². The van der Waals surface area contributed by atoms with Gasteiger partial charge in [-0.05, 0) is 0 Å². The Kier molecular flexibility index (Phi) is 4.17. The van der Waals surface area contributed by atoms with Crippen LogP contribution < -0.4 is 0 Å². The van der Waals surface area contributed by atoms with Gasteiger partial charge in [-0.2, -0.15) is 0 Å². The SMILES string of the molecule is COP(=O)(O)OCC(=O)c1ccccc1. The molecule has 0 radical (unpaired) electrons. The molecule has 0 aliphatic carbocycles. The minimum Gasteiger partial charge on any atom is -0.302 e. The molecule has 0 heterocycles. The molecule has 0 aliphatic rings. The van der Waals surface area contributed by atoms with E-state index in [1.54, 1.807) is 30.3 Å². The summed E-state index contributed by atoms with van der Waals surface area (Å²) in [5.74, 6) is -0.373. The average molecular weight is 230 g/mol. The van der Waals surface area contributed by atoms with Crippen LogP contribution in [0.25, 0.3) is 0 Å². The second-order valence-corrected chi connectivity index (χ2v) is 4.27. The number of carbonyl (C=O) groups excluding carboxylic acids is 1. The van der Waals surface area contributed by atoms with Crippen LogP contribution in [0.4, 0.5) is 0 Å². The number of hydrogen-bond donors (Lipinski definition) is 1. The van der Waals surface area contributed by atoms with Crippen LogP contribution in [0.2, 0.25) is 0 Å². The van der Waals surface area contributed by atoms with E-state index >= 15 is 0 Å². The summed E-state index contributed by atoms with van der Waals surface area (Å²) in [5.41, 5.74) is 0.425. The predicted molar refractivity (Wildman–Crippen MR) is 53.6 cm³/mol. The molecule has 0 aromatic heterocycles. The quantitative estimate of drug-likeness (QED) is 0.614. The van der Waals surface area contributed by atoms with Gasteiger partial charge in [0.05, 0.1) is 0 Å². The number of benzene rings is 1. The molecule has 1 N–H and O–H groups in total. The van der Waals surface area contributed by atoms with E-state index in [0.29, 0.717) is 5.56 Å². The van der Waals surface area contributed by atoms with Gasteiger partial charge in [-0.25, -0.2) is 4.57 Å². The second-order valence-electron chi connectivity index (χ2n) is 2.71. The molecule has 5 nitrogen and oxygen atoms in total. The Morgan fingerprint density at radius 1 is 1.40 bits per heavy atom. The number of hydrogen-bond acceptors (Lipinski definition) is 4. The number of phosphoric ester groups is 1. The van der Waals surface area contributed by atoms with E-state index in [9.17, 15) is 9.36 Å².